The van der Waals surface area contributed by atoms with E-state index >= 15 is 0 Å². The maximum atomic E-state index is 12.9. The van der Waals surface area contributed by atoms with Gasteiger partial charge in [-0.2, -0.15) is 0 Å². The van der Waals surface area contributed by atoms with Gasteiger partial charge >= 0.3 is 0 Å². The maximum absolute atomic E-state index is 12.9. The largest absolute Gasteiger partial charge is 0.342 e. The van der Waals surface area contributed by atoms with Crippen LogP contribution < -0.4 is 5.73 Å². The number of aryl methyl sites for hydroxylation is 1. The number of carbonyl (C=O) groups is 1. The van der Waals surface area contributed by atoms with Crippen molar-refractivity contribution in [2.45, 2.75) is 69.2 Å². The summed E-state index contributed by atoms with van der Waals surface area (Å²) in [5, 5.41) is 0. The Bertz CT molecular complexity index is 620. The second kappa shape index (κ2) is 7.67. The zero-order valence-electron chi connectivity index (χ0n) is 15.1. The highest BCUT2D eigenvalue weighted by molar-refractivity contribution is 5.85. The van der Waals surface area contributed by atoms with Gasteiger partial charge in [-0.15, -0.1) is 12.4 Å². The van der Waals surface area contributed by atoms with Gasteiger partial charge in [0.05, 0.1) is 0 Å². The van der Waals surface area contributed by atoms with Crippen molar-refractivity contribution in [1.82, 2.24) is 4.90 Å². The van der Waals surface area contributed by atoms with Crippen LogP contribution in [0.1, 0.15) is 62.5 Å². The van der Waals surface area contributed by atoms with Gasteiger partial charge in [0.15, 0.2) is 0 Å². The van der Waals surface area contributed by atoms with Gasteiger partial charge in [-0.3, -0.25) is 4.79 Å². The Morgan fingerprint density at radius 1 is 1.16 bits per heavy atom. The number of piperidine rings is 1. The van der Waals surface area contributed by atoms with Crippen LogP contribution in [0.25, 0.3) is 0 Å². The molecule has 1 aromatic rings. The van der Waals surface area contributed by atoms with E-state index in [0.717, 1.165) is 32.4 Å². The lowest BCUT2D eigenvalue weighted by Crippen LogP contribution is -2.50. The summed E-state index contributed by atoms with van der Waals surface area (Å²) in [7, 11) is 0. The molecule has 2 fully saturated rings. The third-order valence-electron chi connectivity index (χ3n) is 6.77. The monoisotopic (exact) mass is 362 g/mol. The molecule has 1 aliphatic heterocycles. The normalized spacial score (nSPS) is 31.5. The summed E-state index contributed by atoms with van der Waals surface area (Å²) in [6.07, 6.45) is 10.1. The Morgan fingerprint density at radius 2 is 1.96 bits per heavy atom. The molecule has 4 heteroatoms. The van der Waals surface area contributed by atoms with Crippen molar-refractivity contribution < 1.29 is 4.79 Å². The summed E-state index contributed by atoms with van der Waals surface area (Å²) in [6, 6.07) is 9.17. The number of benzene rings is 1. The van der Waals surface area contributed by atoms with Gasteiger partial charge in [-0.05, 0) is 62.0 Å². The van der Waals surface area contributed by atoms with Crippen LogP contribution in [0.15, 0.2) is 24.3 Å². The van der Waals surface area contributed by atoms with Gasteiger partial charge in [0.1, 0.15) is 0 Å². The molecule has 138 valence electrons. The SMILES string of the molecule is Cl.N[C@@H]1CCC[C@H]1CC(=O)N1CCCC2(CCCc3ccccc32)C1. The smallest absolute Gasteiger partial charge is 0.222 e. The third-order valence-corrected chi connectivity index (χ3v) is 6.77. The third kappa shape index (κ3) is 3.59. The molecule has 0 aromatic heterocycles. The van der Waals surface area contributed by atoms with Crippen LogP contribution in [0.5, 0.6) is 0 Å². The van der Waals surface area contributed by atoms with E-state index in [-0.39, 0.29) is 23.9 Å². The van der Waals surface area contributed by atoms with Crippen molar-refractivity contribution in [2.24, 2.45) is 11.7 Å². The van der Waals surface area contributed by atoms with Gasteiger partial charge in [-0.1, -0.05) is 30.7 Å². The second-order valence-corrected chi connectivity index (χ2v) is 8.27. The zero-order valence-corrected chi connectivity index (χ0v) is 15.9. The van der Waals surface area contributed by atoms with Gasteiger partial charge < -0.3 is 10.6 Å². The topological polar surface area (TPSA) is 46.3 Å². The predicted molar refractivity (Wildman–Crippen MR) is 104 cm³/mol. The molecule has 25 heavy (non-hydrogen) atoms. The fraction of sp³-hybridized carbons (Fsp3) is 0.667. The highest BCUT2D eigenvalue weighted by atomic mass is 35.5. The van der Waals surface area contributed by atoms with Crippen molar-refractivity contribution >= 4 is 18.3 Å². The second-order valence-electron chi connectivity index (χ2n) is 8.27. The number of nitrogens with two attached hydrogens (primary N) is 1. The summed E-state index contributed by atoms with van der Waals surface area (Å²) in [4.78, 5) is 15.1. The van der Waals surface area contributed by atoms with E-state index in [1.165, 1.54) is 43.2 Å². The zero-order chi connectivity index (χ0) is 16.6. The van der Waals surface area contributed by atoms with E-state index in [2.05, 4.69) is 29.2 Å². The molecule has 4 rings (SSSR count). The van der Waals surface area contributed by atoms with E-state index < -0.39 is 0 Å². The first-order chi connectivity index (χ1) is 11.7. The average Bonchev–Trinajstić information content (AvgIpc) is 3.00. The van der Waals surface area contributed by atoms with Gasteiger partial charge in [0, 0.05) is 31.0 Å². The van der Waals surface area contributed by atoms with Crippen LogP contribution in [-0.2, 0) is 16.6 Å². The molecule has 3 aliphatic rings. The number of nitrogens with zero attached hydrogens (tertiary/aromatic N) is 1. The lowest BCUT2D eigenvalue weighted by molar-refractivity contribution is -0.134. The van der Waals surface area contributed by atoms with E-state index in [4.69, 9.17) is 5.73 Å². The molecule has 1 spiro atoms. The Morgan fingerprint density at radius 3 is 2.76 bits per heavy atom. The van der Waals surface area contributed by atoms with Crippen LogP contribution in [0.4, 0.5) is 0 Å². The van der Waals surface area contributed by atoms with Crippen LogP contribution in [0.2, 0.25) is 0 Å². The number of amides is 1. The molecule has 0 bridgehead atoms. The summed E-state index contributed by atoms with van der Waals surface area (Å²) < 4.78 is 0. The van der Waals surface area contributed by atoms with Crippen molar-refractivity contribution in [3.8, 4) is 0 Å². The van der Waals surface area contributed by atoms with E-state index in [1.807, 2.05) is 0 Å². The molecule has 2 aliphatic carbocycles. The first kappa shape index (κ1) is 18.7. The Balaban J connectivity index is 0.00000182. The quantitative estimate of drug-likeness (QED) is 0.869. The molecule has 2 N–H and O–H groups in total. The number of hydrogen-bond acceptors (Lipinski definition) is 2. The molecule has 3 atom stereocenters. The lowest BCUT2D eigenvalue weighted by atomic mass is 9.66. The summed E-state index contributed by atoms with van der Waals surface area (Å²) in [5.74, 6) is 0.758. The number of halogens is 1. The van der Waals surface area contributed by atoms with E-state index in [0.29, 0.717) is 18.2 Å². The first-order valence-electron chi connectivity index (χ1n) is 9.80. The van der Waals surface area contributed by atoms with Crippen molar-refractivity contribution in [3.05, 3.63) is 35.4 Å². The lowest BCUT2D eigenvalue weighted by Gasteiger charge is -2.46. The molecule has 3 nitrogen and oxygen atoms in total. The molecular formula is C21H31ClN2O. The number of rotatable bonds is 2. The van der Waals surface area contributed by atoms with Gasteiger partial charge in [0.2, 0.25) is 5.91 Å². The minimum Gasteiger partial charge on any atom is -0.342 e. The number of fused-ring (bicyclic) bond motifs is 2. The summed E-state index contributed by atoms with van der Waals surface area (Å²) in [5.41, 5.74) is 9.42. The molecule has 1 amide bonds. The molecule has 1 saturated carbocycles. The molecule has 1 unspecified atom stereocenters. The van der Waals surface area contributed by atoms with E-state index in [1.54, 1.807) is 0 Å². The van der Waals surface area contributed by atoms with Crippen molar-refractivity contribution in [2.75, 3.05) is 13.1 Å². The highest BCUT2D eigenvalue weighted by Gasteiger charge is 2.41. The number of carbonyl (C=O) groups excluding carboxylic acids is 1. The molecular weight excluding hydrogens is 332 g/mol. The van der Waals surface area contributed by atoms with Crippen LogP contribution in [-0.4, -0.2) is 29.9 Å². The molecule has 0 radical (unpaired) electrons. The summed E-state index contributed by atoms with van der Waals surface area (Å²) in [6.45, 7) is 1.86. The van der Waals surface area contributed by atoms with Crippen LogP contribution in [0, 0.1) is 5.92 Å². The van der Waals surface area contributed by atoms with Gasteiger partial charge in [-0.25, -0.2) is 0 Å². The molecule has 1 heterocycles. The number of likely N-dealkylation sites (tertiary alicyclic amines) is 1. The fourth-order valence-corrected chi connectivity index (χ4v) is 5.45. The number of hydrogen-bond donors (Lipinski definition) is 1. The van der Waals surface area contributed by atoms with Crippen molar-refractivity contribution in [1.29, 1.82) is 0 Å². The Hall–Kier alpha value is -1.06. The maximum Gasteiger partial charge on any atom is 0.222 e. The fourth-order valence-electron chi connectivity index (χ4n) is 5.45. The minimum absolute atomic E-state index is 0. The van der Waals surface area contributed by atoms with E-state index in [9.17, 15) is 4.79 Å². The highest BCUT2D eigenvalue weighted by Crippen LogP contribution is 2.43. The first-order valence-corrected chi connectivity index (χ1v) is 9.80. The van der Waals surface area contributed by atoms with Gasteiger partial charge in [0.25, 0.3) is 0 Å². The Labute approximate surface area is 157 Å². The average molecular weight is 363 g/mol. The molecule has 1 aromatic carbocycles. The minimum atomic E-state index is 0. The van der Waals surface area contributed by atoms with Crippen LogP contribution in [0.3, 0.4) is 0 Å². The standard InChI is InChI=1S/C21H30N2O.ClH/c22-19-10-3-7-17(19)14-20(24)23-13-5-12-21(15-23)11-4-8-16-6-1-2-9-18(16)21;/h1-2,6,9,17,19H,3-5,7-8,10-15,22H2;1H/t17-,19+,21?;/m0./s1. The predicted octanol–water partition coefficient (Wildman–Crippen LogP) is 3.82. The van der Waals surface area contributed by atoms with Crippen LogP contribution >= 0.6 is 12.4 Å². The Kier molecular flexibility index (Phi) is 5.75. The molecule has 1 saturated heterocycles. The summed E-state index contributed by atoms with van der Waals surface area (Å²) >= 11 is 0. The van der Waals surface area contributed by atoms with Crippen molar-refractivity contribution in [3.63, 3.8) is 0 Å².